The highest BCUT2D eigenvalue weighted by atomic mass is 15.2. The van der Waals surface area contributed by atoms with E-state index in [9.17, 15) is 0 Å². The van der Waals surface area contributed by atoms with Crippen LogP contribution in [0.25, 0.3) is 0 Å². The van der Waals surface area contributed by atoms with E-state index >= 15 is 0 Å². The van der Waals surface area contributed by atoms with Gasteiger partial charge >= 0.3 is 0 Å². The van der Waals surface area contributed by atoms with Gasteiger partial charge < -0.3 is 15.5 Å². The predicted molar refractivity (Wildman–Crippen MR) is 228 cm³/mol. The molecule has 0 aromatic carbocycles. The Hall–Kier alpha value is -2.16. The summed E-state index contributed by atoms with van der Waals surface area (Å²) in [5.41, 5.74) is 6.27. The quantitative estimate of drug-likeness (QED) is 0.132. The largest absolute Gasteiger partial charge is 0.369 e. The Bertz CT molecular complexity index is 1090. The van der Waals surface area contributed by atoms with E-state index in [0.29, 0.717) is 29.8 Å². The third kappa shape index (κ3) is 14.8. The smallest absolute Gasteiger partial charge is 0.0920 e. The van der Waals surface area contributed by atoms with E-state index < -0.39 is 0 Å². The lowest BCUT2D eigenvalue weighted by Crippen LogP contribution is -2.51. The molecule has 1 heterocycles. The first-order valence-corrected chi connectivity index (χ1v) is 20.5. The number of hydrogen-bond acceptors (Lipinski definition) is 3. The molecule has 50 heavy (non-hydrogen) atoms. The Balaban J connectivity index is 0.00000125. The lowest BCUT2D eigenvalue weighted by Gasteiger charge is -2.43. The summed E-state index contributed by atoms with van der Waals surface area (Å²) in [5, 5.41) is 7.56. The van der Waals surface area contributed by atoms with Gasteiger partial charge in [0.25, 0.3) is 0 Å². The van der Waals surface area contributed by atoms with Crippen LogP contribution in [-0.4, -0.2) is 29.6 Å². The fourth-order valence-electron chi connectivity index (χ4n) is 8.10. The molecule has 3 fully saturated rings. The van der Waals surface area contributed by atoms with E-state index in [0.717, 1.165) is 48.3 Å². The van der Waals surface area contributed by atoms with Gasteiger partial charge in [-0.2, -0.15) is 0 Å². The number of allylic oxidation sites excluding steroid dienone is 3. The monoisotopic (exact) mass is 694 g/mol. The van der Waals surface area contributed by atoms with Crippen LogP contribution in [-0.2, 0) is 0 Å². The molecular formula is C47H87N3. The van der Waals surface area contributed by atoms with E-state index in [-0.39, 0.29) is 16.9 Å². The molecule has 0 aromatic rings. The number of hydrogen-bond donors (Lipinski definition) is 2. The molecule has 2 N–H and O–H groups in total. The van der Waals surface area contributed by atoms with Crippen LogP contribution >= 0.6 is 0 Å². The molecule has 3 aliphatic rings. The van der Waals surface area contributed by atoms with Crippen molar-refractivity contribution in [2.75, 3.05) is 6.54 Å². The van der Waals surface area contributed by atoms with Crippen LogP contribution in [0.3, 0.4) is 0 Å². The molecule has 3 nitrogen and oxygen atoms in total. The van der Waals surface area contributed by atoms with Crippen molar-refractivity contribution in [3.05, 3.63) is 73.3 Å². The molecule has 6 atom stereocenters. The highest BCUT2D eigenvalue weighted by molar-refractivity contribution is 5.25. The summed E-state index contributed by atoms with van der Waals surface area (Å²) in [6, 6.07) is 0.858. The fourth-order valence-corrected chi connectivity index (χ4v) is 8.10. The molecule has 3 heteroatoms. The van der Waals surface area contributed by atoms with Gasteiger partial charge in [0.1, 0.15) is 0 Å². The number of nitrogens with one attached hydrogen (secondary N) is 2. The summed E-state index contributed by atoms with van der Waals surface area (Å²) in [5.74, 6) is 4.43. The Morgan fingerprint density at radius 3 is 1.68 bits per heavy atom. The average molecular weight is 694 g/mol. The summed E-state index contributed by atoms with van der Waals surface area (Å²) in [6.45, 7) is 59.7. The van der Waals surface area contributed by atoms with Crippen molar-refractivity contribution in [2.24, 2.45) is 40.4 Å². The molecule has 6 unspecified atom stereocenters. The van der Waals surface area contributed by atoms with Crippen molar-refractivity contribution in [1.82, 2.24) is 15.5 Å². The van der Waals surface area contributed by atoms with Crippen molar-refractivity contribution in [3.63, 3.8) is 0 Å². The summed E-state index contributed by atoms with van der Waals surface area (Å²) < 4.78 is 0. The second-order valence-electron chi connectivity index (χ2n) is 17.9. The first-order valence-electron chi connectivity index (χ1n) is 20.5. The first kappa shape index (κ1) is 47.8. The lowest BCUT2D eigenvalue weighted by molar-refractivity contribution is 0.161. The second-order valence-corrected chi connectivity index (χ2v) is 17.9. The van der Waals surface area contributed by atoms with Crippen LogP contribution in [0, 0.1) is 40.4 Å². The molecule has 290 valence electrons. The van der Waals surface area contributed by atoms with Gasteiger partial charge in [0.15, 0.2) is 0 Å². The standard InChI is InChI=1S/C31H55N3.C12H20.2C2H6/c1-20(2)17-18-26(25-15-14-16-25)32-24(7)33-29(31(11,12)13)23(6)34-19-22(5)27(30(8,9)10)28(34)21(3)4;1-9(2)11(4)10(3)8-12-6-5-7-12;2*1-2/h22,25-29,32-33H,1,3,6-7,14-19H2,2,4-5,8-13H3;10,12H,1,4-8H2,2-3H3;2*1-2H3. The Kier molecular flexibility index (Phi) is 21.1. The molecule has 3 rings (SSSR count). The highest BCUT2D eigenvalue weighted by Crippen LogP contribution is 2.46. The summed E-state index contributed by atoms with van der Waals surface area (Å²) in [4.78, 5) is 2.55. The molecule has 2 saturated carbocycles. The fraction of sp³-hybridized carbons (Fsp3) is 0.745. The zero-order chi connectivity index (χ0) is 39.1. The van der Waals surface area contributed by atoms with Crippen LogP contribution in [0.5, 0.6) is 0 Å². The Morgan fingerprint density at radius 1 is 0.800 bits per heavy atom. The minimum Gasteiger partial charge on any atom is -0.369 e. The normalized spacial score (nSPS) is 22.2. The molecule has 0 spiro atoms. The third-order valence-electron chi connectivity index (χ3n) is 11.2. The molecule has 0 radical (unpaired) electrons. The molecule has 2 aliphatic carbocycles. The minimum atomic E-state index is -0.00590. The molecule has 0 aromatic heterocycles. The van der Waals surface area contributed by atoms with E-state index in [4.69, 9.17) is 0 Å². The SMILES string of the molecule is C=C(C)C(=C)C(C)CC1CCC1.C=C(C)CCC(NC(=C)NC(C(=C)N1CC(C)C(C(C)(C)C)C1C(=C)C)C(C)(C)C)C1CCC1.CC.CC. The van der Waals surface area contributed by atoms with Crippen molar-refractivity contribution < 1.29 is 0 Å². The molecule has 0 bridgehead atoms. The first-order chi connectivity index (χ1) is 23.1. The molecular weight excluding hydrogens is 607 g/mol. The van der Waals surface area contributed by atoms with E-state index in [1.807, 2.05) is 27.7 Å². The maximum Gasteiger partial charge on any atom is 0.0920 e. The maximum atomic E-state index is 4.68. The van der Waals surface area contributed by atoms with E-state index in [2.05, 4.69) is 131 Å². The second kappa shape index (κ2) is 22.0. The zero-order valence-corrected chi connectivity index (χ0v) is 36.4. The van der Waals surface area contributed by atoms with Crippen molar-refractivity contribution in [2.45, 2.75) is 180 Å². The van der Waals surface area contributed by atoms with Crippen LogP contribution in [0.2, 0.25) is 0 Å². The van der Waals surface area contributed by atoms with Crippen LogP contribution in [0.4, 0.5) is 0 Å². The van der Waals surface area contributed by atoms with Crippen LogP contribution in [0.1, 0.15) is 162 Å². The van der Waals surface area contributed by atoms with E-state index in [1.54, 1.807) is 0 Å². The lowest BCUT2D eigenvalue weighted by atomic mass is 9.70. The Labute approximate surface area is 314 Å². The van der Waals surface area contributed by atoms with Crippen molar-refractivity contribution >= 4 is 0 Å². The van der Waals surface area contributed by atoms with Crippen molar-refractivity contribution in [1.29, 1.82) is 0 Å². The third-order valence-corrected chi connectivity index (χ3v) is 11.2. The average Bonchev–Trinajstić information content (AvgIpc) is 3.34. The summed E-state index contributed by atoms with van der Waals surface area (Å²) in [6.07, 6.45) is 11.8. The summed E-state index contributed by atoms with van der Waals surface area (Å²) in [7, 11) is 0. The van der Waals surface area contributed by atoms with Gasteiger partial charge in [-0.15, -0.1) is 6.58 Å². The van der Waals surface area contributed by atoms with Gasteiger partial charge in [0.05, 0.1) is 17.9 Å². The van der Waals surface area contributed by atoms with Gasteiger partial charge in [0.2, 0.25) is 0 Å². The topological polar surface area (TPSA) is 27.3 Å². The van der Waals surface area contributed by atoms with Crippen LogP contribution < -0.4 is 10.6 Å². The molecule has 1 saturated heterocycles. The minimum absolute atomic E-state index is 0.00590. The van der Waals surface area contributed by atoms with Gasteiger partial charge in [-0.05, 0) is 93.3 Å². The number of likely N-dealkylation sites (tertiary alicyclic amines) is 1. The number of nitrogens with zero attached hydrogens (tertiary/aromatic N) is 1. The molecule has 0 amide bonds. The predicted octanol–water partition coefficient (Wildman–Crippen LogP) is 13.6. The molecule has 1 aliphatic heterocycles. The van der Waals surface area contributed by atoms with E-state index in [1.165, 1.54) is 61.7 Å². The number of rotatable bonds is 15. The van der Waals surface area contributed by atoms with Gasteiger partial charge in [0, 0.05) is 18.3 Å². The van der Waals surface area contributed by atoms with Gasteiger partial charge in [-0.25, -0.2) is 0 Å². The zero-order valence-electron chi connectivity index (χ0n) is 36.4. The Morgan fingerprint density at radius 2 is 1.32 bits per heavy atom. The highest BCUT2D eigenvalue weighted by Gasteiger charge is 2.47. The van der Waals surface area contributed by atoms with Gasteiger partial charge in [-0.1, -0.05) is 164 Å². The summed E-state index contributed by atoms with van der Waals surface area (Å²) >= 11 is 0. The maximum absolute atomic E-state index is 4.68. The van der Waals surface area contributed by atoms with Crippen LogP contribution in [0.15, 0.2) is 73.3 Å². The van der Waals surface area contributed by atoms with Crippen molar-refractivity contribution in [3.8, 4) is 0 Å². The van der Waals surface area contributed by atoms with Gasteiger partial charge in [-0.3, -0.25) is 0 Å².